The molecule has 6 nitrogen and oxygen atoms in total. The smallest absolute Gasteiger partial charge is 0.356 e. The van der Waals surface area contributed by atoms with Gasteiger partial charge in [0.25, 0.3) is 10.0 Å². The van der Waals surface area contributed by atoms with Gasteiger partial charge in [-0.2, -0.15) is 0 Å². The fraction of sp³-hybridized carbons (Fsp3) is 0.167. The number of sulfonamides is 1. The number of aromatic nitrogens is 1. The lowest BCUT2D eigenvalue weighted by Gasteiger charge is -2.14. The highest BCUT2D eigenvalue weighted by molar-refractivity contribution is 7.91. The third-order valence-electron chi connectivity index (χ3n) is 2.66. The lowest BCUT2D eigenvalue weighted by atomic mass is 10.1. The van der Waals surface area contributed by atoms with Crippen LogP contribution in [0.4, 0.5) is 4.39 Å². The average molecular weight is 330 g/mol. The molecule has 9 heteroatoms. The summed E-state index contributed by atoms with van der Waals surface area (Å²) in [5.74, 6) is -1.91. The Morgan fingerprint density at radius 1 is 1.48 bits per heavy atom. The second kappa shape index (κ2) is 5.88. The van der Waals surface area contributed by atoms with Crippen molar-refractivity contribution < 1.29 is 22.7 Å². The van der Waals surface area contributed by atoms with Crippen molar-refractivity contribution in [2.75, 3.05) is 0 Å². The highest BCUT2D eigenvalue weighted by atomic mass is 32.2. The zero-order chi connectivity index (χ0) is 15.6. The third kappa shape index (κ3) is 3.43. The lowest BCUT2D eigenvalue weighted by molar-refractivity contribution is 0.0687. The maximum absolute atomic E-state index is 13.1. The minimum atomic E-state index is -4.05. The number of thiazole rings is 1. The van der Waals surface area contributed by atoms with Crippen LogP contribution in [-0.4, -0.2) is 24.5 Å². The molecule has 0 saturated heterocycles. The van der Waals surface area contributed by atoms with E-state index in [4.69, 9.17) is 5.11 Å². The average Bonchev–Trinajstić information content (AvgIpc) is 2.88. The van der Waals surface area contributed by atoms with Gasteiger partial charge in [-0.25, -0.2) is 27.3 Å². The van der Waals surface area contributed by atoms with E-state index in [1.165, 1.54) is 25.1 Å². The Kier molecular flexibility index (Phi) is 4.35. The Bertz CT molecular complexity index is 773. The van der Waals surface area contributed by atoms with Gasteiger partial charge < -0.3 is 5.11 Å². The molecule has 0 aliphatic rings. The van der Waals surface area contributed by atoms with Gasteiger partial charge in [-0.15, -0.1) is 11.3 Å². The highest BCUT2D eigenvalue weighted by Gasteiger charge is 2.27. The van der Waals surface area contributed by atoms with E-state index >= 15 is 0 Å². The van der Waals surface area contributed by atoms with Crippen LogP contribution in [0.25, 0.3) is 0 Å². The molecule has 0 unspecified atom stereocenters. The zero-order valence-corrected chi connectivity index (χ0v) is 12.4. The van der Waals surface area contributed by atoms with Crippen molar-refractivity contribution >= 4 is 27.3 Å². The van der Waals surface area contributed by atoms with Crippen molar-refractivity contribution in [3.63, 3.8) is 0 Å². The second-order valence-electron chi connectivity index (χ2n) is 4.19. The maximum Gasteiger partial charge on any atom is 0.356 e. The Balaban J connectivity index is 2.29. The van der Waals surface area contributed by atoms with E-state index in [0.29, 0.717) is 16.9 Å². The number of halogens is 1. The minimum absolute atomic E-state index is 0.377. The summed E-state index contributed by atoms with van der Waals surface area (Å²) >= 11 is 0.709. The van der Waals surface area contributed by atoms with Crippen molar-refractivity contribution in [2.24, 2.45) is 0 Å². The van der Waals surface area contributed by atoms with E-state index in [1.807, 2.05) is 0 Å². The van der Waals surface area contributed by atoms with Crippen LogP contribution in [0.5, 0.6) is 0 Å². The largest absolute Gasteiger partial charge is 0.476 e. The molecule has 0 amide bonds. The van der Waals surface area contributed by atoms with Crippen molar-refractivity contribution in [1.82, 2.24) is 9.71 Å². The Morgan fingerprint density at radius 2 is 2.19 bits per heavy atom. The predicted molar refractivity (Wildman–Crippen MR) is 74.2 cm³/mol. The molecule has 1 atom stereocenters. The topological polar surface area (TPSA) is 96.4 Å². The molecule has 2 N–H and O–H groups in total. The zero-order valence-electron chi connectivity index (χ0n) is 10.8. The molecule has 0 spiro atoms. The quantitative estimate of drug-likeness (QED) is 0.874. The lowest BCUT2D eigenvalue weighted by Crippen LogP contribution is -2.27. The van der Waals surface area contributed by atoms with Crippen LogP contribution < -0.4 is 4.72 Å². The van der Waals surface area contributed by atoms with Crippen LogP contribution in [0.1, 0.15) is 29.0 Å². The highest BCUT2D eigenvalue weighted by Crippen LogP contribution is 2.23. The Hall–Kier alpha value is -1.84. The predicted octanol–water partition coefficient (Wildman–Crippen LogP) is 2.02. The van der Waals surface area contributed by atoms with Gasteiger partial charge in [-0.1, -0.05) is 12.1 Å². The van der Waals surface area contributed by atoms with Crippen molar-refractivity contribution in [1.29, 1.82) is 0 Å². The molecule has 1 aromatic heterocycles. The number of carboxylic acid groups (broad SMARTS) is 1. The molecule has 1 heterocycles. The standard InChI is InChI=1S/C12H11FN2O4S2/c1-7(8-3-2-4-9(13)5-8)15-21(18,19)12-10(11(16)17)14-6-20-12/h2-7,15H,1H3,(H,16,17)/t7-/m0/s1. The first kappa shape index (κ1) is 15.5. The molecule has 2 rings (SSSR count). The fourth-order valence-corrected chi connectivity index (χ4v) is 4.09. The van der Waals surface area contributed by atoms with Gasteiger partial charge in [0.2, 0.25) is 0 Å². The maximum atomic E-state index is 13.1. The van der Waals surface area contributed by atoms with Crippen LogP contribution in [0.3, 0.4) is 0 Å². The number of rotatable bonds is 5. The Labute approximate surface area is 124 Å². The minimum Gasteiger partial charge on any atom is -0.476 e. The first-order chi connectivity index (χ1) is 9.81. The number of nitrogens with one attached hydrogen (secondary N) is 1. The van der Waals surface area contributed by atoms with Crippen molar-refractivity contribution in [2.45, 2.75) is 17.2 Å². The van der Waals surface area contributed by atoms with Gasteiger partial charge in [-0.05, 0) is 24.6 Å². The summed E-state index contributed by atoms with van der Waals surface area (Å²) in [5, 5.41) is 8.91. The van der Waals surface area contributed by atoms with Crippen LogP contribution in [-0.2, 0) is 10.0 Å². The molecule has 2 aromatic rings. The molecule has 112 valence electrons. The Morgan fingerprint density at radius 3 is 2.81 bits per heavy atom. The number of hydrogen-bond acceptors (Lipinski definition) is 5. The van der Waals surface area contributed by atoms with Gasteiger partial charge in [-0.3, -0.25) is 0 Å². The van der Waals surface area contributed by atoms with Crippen molar-refractivity contribution in [3.05, 3.63) is 46.9 Å². The summed E-state index contributed by atoms with van der Waals surface area (Å²) in [7, 11) is -4.05. The van der Waals surface area contributed by atoms with Gasteiger partial charge >= 0.3 is 5.97 Å². The number of benzene rings is 1. The third-order valence-corrected chi connectivity index (χ3v) is 5.57. The molecule has 0 saturated carbocycles. The van der Waals surface area contributed by atoms with Crippen LogP contribution in [0.15, 0.2) is 34.0 Å². The summed E-state index contributed by atoms with van der Waals surface area (Å²) < 4.78 is 39.5. The number of hydrogen-bond donors (Lipinski definition) is 2. The SMILES string of the molecule is C[C@H](NS(=O)(=O)c1scnc1C(=O)O)c1cccc(F)c1. The molecule has 21 heavy (non-hydrogen) atoms. The number of carboxylic acids is 1. The summed E-state index contributed by atoms with van der Waals surface area (Å²) in [6.07, 6.45) is 0. The summed E-state index contributed by atoms with van der Waals surface area (Å²) in [6.45, 7) is 1.54. The second-order valence-corrected chi connectivity index (χ2v) is 6.96. The monoisotopic (exact) mass is 330 g/mol. The summed E-state index contributed by atoms with van der Waals surface area (Å²) in [6, 6.07) is 4.77. The van der Waals surface area contributed by atoms with Gasteiger partial charge in [0, 0.05) is 6.04 Å². The molecular weight excluding hydrogens is 319 g/mol. The van der Waals surface area contributed by atoms with E-state index < -0.39 is 33.5 Å². The van der Waals surface area contributed by atoms with E-state index in [1.54, 1.807) is 6.07 Å². The molecule has 0 radical (unpaired) electrons. The number of aromatic carboxylic acids is 1. The fourth-order valence-electron chi connectivity index (χ4n) is 1.70. The molecule has 1 aromatic carbocycles. The summed E-state index contributed by atoms with van der Waals surface area (Å²) in [4.78, 5) is 14.4. The van der Waals surface area contributed by atoms with Crippen LogP contribution >= 0.6 is 11.3 Å². The molecule has 0 bridgehead atoms. The van der Waals surface area contributed by atoms with E-state index in [0.717, 1.165) is 5.51 Å². The molecule has 0 aliphatic heterocycles. The van der Waals surface area contributed by atoms with E-state index in [2.05, 4.69) is 9.71 Å². The molecular formula is C12H11FN2O4S2. The van der Waals surface area contributed by atoms with Gasteiger partial charge in [0.1, 0.15) is 5.82 Å². The van der Waals surface area contributed by atoms with Crippen LogP contribution in [0.2, 0.25) is 0 Å². The van der Waals surface area contributed by atoms with Crippen molar-refractivity contribution in [3.8, 4) is 0 Å². The van der Waals surface area contributed by atoms with Crippen LogP contribution in [0, 0.1) is 5.82 Å². The summed E-state index contributed by atoms with van der Waals surface area (Å²) in [5.41, 5.74) is 1.05. The first-order valence-electron chi connectivity index (χ1n) is 5.76. The van der Waals surface area contributed by atoms with E-state index in [-0.39, 0.29) is 4.21 Å². The van der Waals surface area contributed by atoms with E-state index in [9.17, 15) is 17.6 Å². The molecule has 0 fully saturated rings. The first-order valence-corrected chi connectivity index (χ1v) is 8.12. The van der Waals surface area contributed by atoms with Gasteiger partial charge in [0.05, 0.1) is 5.51 Å². The number of nitrogens with zero attached hydrogens (tertiary/aromatic N) is 1. The van der Waals surface area contributed by atoms with Gasteiger partial charge in [0.15, 0.2) is 9.90 Å². The normalized spacial score (nSPS) is 13.0. The number of carbonyl (C=O) groups is 1. The molecule has 0 aliphatic carbocycles.